The number of methoxy groups -OCH3 is 4. The van der Waals surface area contributed by atoms with Crippen LogP contribution in [-0.2, 0) is 6.61 Å². The number of aromatic nitrogens is 5. The zero-order chi connectivity index (χ0) is 26.5. The lowest BCUT2D eigenvalue weighted by molar-refractivity contribution is 0.276. The number of nitrogens with zero attached hydrogens (tertiary/aromatic N) is 5. The summed E-state index contributed by atoms with van der Waals surface area (Å²) < 4.78 is 29.4. The Morgan fingerprint density at radius 3 is 2.21 bits per heavy atom. The van der Waals surface area contributed by atoms with Crippen molar-refractivity contribution in [3.05, 3.63) is 72.6 Å². The molecular weight excluding hydrogens is 488 g/mol. The number of ether oxygens (including phenoxy) is 5. The normalized spacial score (nSPS) is 10.7. The van der Waals surface area contributed by atoms with Crippen molar-refractivity contribution in [1.82, 2.24) is 24.5 Å². The molecule has 0 amide bonds. The second-order valence-electron chi connectivity index (χ2n) is 8.00. The largest absolute Gasteiger partial charge is 0.497 e. The molecule has 0 atom stereocenters. The average molecular weight is 515 g/mol. The van der Waals surface area contributed by atoms with Crippen LogP contribution in [0.2, 0.25) is 0 Å². The van der Waals surface area contributed by atoms with Gasteiger partial charge in [0.15, 0.2) is 11.5 Å². The van der Waals surface area contributed by atoms with E-state index in [2.05, 4.69) is 25.3 Å². The topological polar surface area (TPSA) is 115 Å². The molecule has 11 nitrogen and oxygen atoms in total. The summed E-state index contributed by atoms with van der Waals surface area (Å²) in [6.07, 6.45) is 1.42. The van der Waals surface area contributed by atoms with E-state index < -0.39 is 0 Å². The van der Waals surface area contributed by atoms with Gasteiger partial charge < -0.3 is 29.0 Å². The molecule has 0 unspecified atom stereocenters. The number of para-hydroxylation sites is 2. The molecule has 0 bridgehead atoms. The first-order valence-electron chi connectivity index (χ1n) is 11.6. The lowest BCUT2D eigenvalue weighted by Gasteiger charge is -2.15. The quantitative estimate of drug-likeness (QED) is 0.284. The van der Waals surface area contributed by atoms with Crippen LogP contribution in [0.25, 0.3) is 17.0 Å². The molecule has 0 fully saturated rings. The smallest absolute Gasteiger partial charge is 0.304 e. The Labute approximate surface area is 219 Å². The maximum absolute atomic E-state index is 6.12. The van der Waals surface area contributed by atoms with Crippen molar-refractivity contribution < 1.29 is 23.7 Å². The number of hydrogen-bond donors (Lipinski definition) is 1. The van der Waals surface area contributed by atoms with Crippen molar-refractivity contribution in [3.63, 3.8) is 0 Å². The van der Waals surface area contributed by atoms with Crippen LogP contribution < -0.4 is 29.0 Å². The van der Waals surface area contributed by atoms with Gasteiger partial charge in [-0.05, 0) is 29.8 Å². The average Bonchev–Trinajstić information content (AvgIpc) is 3.34. The summed E-state index contributed by atoms with van der Waals surface area (Å²) in [4.78, 5) is 18.0. The maximum atomic E-state index is 6.12. The Balaban J connectivity index is 1.47. The summed E-state index contributed by atoms with van der Waals surface area (Å²) >= 11 is 0. The summed E-state index contributed by atoms with van der Waals surface area (Å²) in [6.45, 7) is 0.301. The monoisotopic (exact) mass is 514 g/mol. The molecule has 38 heavy (non-hydrogen) atoms. The van der Waals surface area contributed by atoms with Gasteiger partial charge in [-0.15, -0.1) is 0 Å². The highest BCUT2D eigenvalue weighted by molar-refractivity contribution is 5.78. The van der Waals surface area contributed by atoms with E-state index in [1.807, 2.05) is 48.5 Å². The zero-order valence-corrected chi connectivity index (χ0v) is 21.3. The predicted molar refractivity (Wildman–Crippen MR) is 141 cm³/mol. The minimum absolute atomic E-state index is 0.301. The van der Waals surface area contributed by atoms with E-state index in [1.54, 1.807) is 45.1 Å². The Kier molecular flexibility index (Phi) is 7.07. The van der Waals surface area contributed by atoms with E-state index in [1.165, 1.54) is 6.33 Å². The number of rotatable bonds is 10. The molecule has 2 heterocycles. The predicted octanol–water partition coefficient (Wildman–Crippen LogP) is 4.57. The molecule has 0 radical (unpaired) electrons. The van der Waals surface area contributed by atoms with Crippen molar-refractivity contribution in [2.45, 2.75) is 6.61 Å². The van der Waals surface area contributed by atoms with Crippen molar-refractivity contribution in [2.75, 3.05) is 33.8 Å². The number of hydrogen-bond acceptors (Lipinski definition) is 10. The number of anilines is 2. The van der Waals surface area contributed by atoms with Crippen LogP contribution in [0, 0.1) is 0 Å². The molecule has 1 N–H and O–H groups in total. The van der Waals surface area contributed by atoms with Gasteiger partial charge in [0.25, 0.3) is 0 Å². The first-order valence-corrected chi connectivity index (χ1v) is 11.6. The molecule has 0 saturated heterocycles. The first-order chi connectivity index (χ1) is 18.6. The van der Waals surface area contributed by atoms with E-state index in [4.69, 9.17) is 23.7 Å². The van der Waals surface area contributed by atoms with Gasteiger partial charge in [0.2, 0.25) is 17.6 Å². The van der Waals surface area contributed by atoms with Crippen molar-refractivity contribution in [2.24, 2.45) is 0 Å². The molecular formula is C27H26N6O5. The fraction of sp³-hybridized carbons (Fsp3) is 0.185. The van der Waals surface area contributed by atoms with Crippen LogP contribution in [-0.4, -0.2) is 52.9 Å². The summed E-state index contributed by atoms with van der Waals surface area (Å²) in [5, 5.41) is 3.18. The van der Waals surface area contributed by atoms with Crippen molar-refractivity contribution in [3.8, 4) is 35.0 Å². The van der Waals surface area contributed by atoms with Crippen LogP contribution in [0.5, 0.6) is 29.0 Å². The lowest BCUT2D eigenvalue weighted by Crippen LogP contribution is -2.08. The Morgan fingerprint density at radius 2 is 1.53 bits per heavy atom. The van der Waals surface area contributed by atoms with Crippen LogP contribution in [0.1, 0.15) is 5.56 Å². The fourth-order valence-electron chi connectivity index (χ4n) is 3.90. The van der Waals surface area contributed by atoms with Gasteiger partial charge >= 0.3 is 6.01 Å². The second-order valence-corrected chi connectivity index (χ2v) is 8.00. The third kappa shape index (κ3) is 4.94. The minimum Gasteiger partial charge on any atom is -0.497 e. The summed E-state index contributed by atoms with van der Waals surface area (Å²) in [7, 11) is 6.29. The zero-order valence-electron chi connectivity index (χ0n) is 21.3. The molecule has 0 aliphatic rings. The summed E-state index contributed by atoms with van der Waals surface area (Å²) in [5.74, 6) is 2.91. The lowest BCUT2D eigenvalue weighted by atomic mass is 10.2. The first kappa shape index (κ1) is 24.6. The standard InChI is InChI=1S/C27H26N6O5/c1-34-19-11-9-17(10-12-19)15-38-27-31-20-7-5-6-8-21(20)33(27)26-29-16-28-25(32-26)30-18-13-22(35-2)24(37-4)23(14-18)36-3/h5-14,16H,15H2,1-4H3,(H,28,29,30,32). The van der Waals surface area contributed by atoms with Gasteiger partial charge in [0, 0.05) is 17.8 Å². The Hall–Kier alpha value is -5.06. The minimum atomic E-state index is 0.301. The van der Waals surface area contributed by atoms with Crippen molar-refractivity contribution in [1.29, 1.82) is 0 Å². The van der Waals surface area contributed by atoms with Gasteiger partial charge in [0.1, 0.15) is 18.7 Å². The third-order valence-electron chi connectivity index (χ3n) is 5.74. The van der Waals surface area contributed by atoms with Gasteiger partial charge in [-0.2, -0.15) is 9.97 Å². The van der Waals surface area contributed by atoms with Crippen LogP contribution in [0.4, 0.5) is 11.6 Å². The van der Waals surface area contributed by atoms with Crippen LogP contribution in [0.15, 0.2) is 67.0 Å². The van der Waals surface area contributed by atoms with Crippen molar-refractivity contribution >= 4 is 22.7 Å². The molecule has 11 heteroatoms. The maximum Gasteiger partial charge on any atom is 0.304 e. The highest BCUT2D eigenvalue weighted by atomic mass is 16.5. The number of nitrogens with one attached hydrogen (secondary N) is 1. The van der Waals surface area contributed by atoms with E-state index in [0.717, 1.165) is 22.3 Å². The van der Waals surface area contributed by atoms with Gasteiger partial charge in [-0.25, -0.2) is 14.5 Å². The van der Waals surface area contributed by atoms with E-state index in [9.17, 15) is 0 Å². The SMILES string of the molecule is COc1ccc(COc2nc3ccccc3n2-c2ncnc(Nc3cc(OC)c(OC)c(OC)c3)n2)cc1. The third-order valence-corrected chi connectivity index (χ3v) is 5.74. The molecule has 5 rings (SSSR count). The van der Waals surface area contributed by atoms with Crippen LogP contribution >= 0.6 is 0 Å². The Morgan fingerprint density at radius 1 is 0.789 bits per heavy atom. The molecule has 194 valence electrons. The molecule has 0 aliphatic carbocycles. The Bertz CT molecular complexity index is 1530. The molecule has 3 aromatic carbocycles. The molecule has 0 saturated carbocycles. The summed E-state index contributed by atoms with van der Waals surface area (Å²) in [5.41, 5.74) is 3.15. The van der Waals surface area contributed by atoms with E-state index in [0.29, 0.717) is 47.4 Å². The molecule has 2 aromatic heterocycles. The number of imidazole rings is 1. The summed E-state index contributed by atoms with van der Waals surface area (Å²) in [6, 6.07) is 19.2. The van der Waals surface area contributed by atoms with Gasteiger partial charge in [-0.1, -0.05) is 24.3 Å². The second kappa shape index (κ2) is 10.9. The molecule has 0 aliphatic heterocycles. The fourth-order valence-corrected chi connectivity index (χ4v) is 3.90. The van der Waals surface area contributed by atoms with E-state index in [-0.39, 0.29) is 0 Å². The highest BCUT2D eigenvalue weighted by Gasteiger charge is 2.18. The van der Waals surface area contributed by atoms with Crippen LogP contribution in [0.3, 0.4) is 0 Å². The van der Waals surface area contributed by atoms with Gasteiger partial charge in [0.05, 0.1) is 39.5 Å². The van der Waals surface area contributed by atoms with Gasteiger partial charge in [-0.3, -0.25) is 0 Å². The van der Waals surface area contributed by atoms with E-state index >= 15 is 0 Å². The number of benzene rings is 3. The molecule has 0 spiro atoms. The molecule has 5 aromatic rings. The number of fused-ring (bicyclic) bond motifs is 1. The highest BCUT2D eigenvalue weighted by Crippen LogP contribution is 2.40.